The maximum absolute atomic E-state index is 12.5. The van der Waals surface area contributed by atoms with Gasteiger partial charge >= 0.3 is 0 Å². The number of nitrogens with zero attached hydrogens (tertiary/aromatic N) is 10. The number of benzene rings is 5. The van der Waals surface area contributed by atoms with Crippen LogP contribution in [0.2, 0.25) is 0 Å². The number of carbonyl (C=O) groups is 1. The highest BCUT2D eigenvalue weighted by Gasteiger charge is 2.25. The fourth-order valence-corrected chi connectivity index (χ4v) is 12.1. The molecule has 78 heavy (non-hydrogen) atoms. The topological polar surface area (TPSA) is 404 Å². The molecule has 6 N–H and O–H groups in total. The third kappa shape index (κ3) is 12.8. The predicted octanol–water partition coefficient (Wildman–Crippen LogP) is 10.5. The molecule has 5 aromatic carbocycles. The van der Waals surface area contributed by atoms with Crippen LogP contribution in [-0.2, 0) is 45.3 Å². The molecule has 8 rings (SSSR count). The number of hydrogen-bond donors (Lipinski definition) is 6. The van der Waals surface area contributed by atoms with E-state index in [4.69, 9.17) is 4.74 Å². The maximum atomic E-state index is 12.5. The summed E-state index contributed by atoms with van der Waals surface area (Å²) >= 11 is 1.94. The van der Waals surface area contributed by atoms with Gasteiger partial charge in [-0.05, 0) is 104 Å². The Morgan fingerprint density at radius 3 is 2.09 bits per heavy atom. The molecule has 0 atom stereocenters. The Labute approximate surface area is 451 Å². The number of para-hydroxylation sites is 1. The molecule has 0 aliphatic rings. The summed E-state index contributed by atoms with van der Waals surface area (Å²) < 4.78 is 141. The van der Waals surface area contributed by atoms with Crippen molar-refractivity contribution >= 4 is 146 Å². The normalized spacial score (nSPS) is 12.8. The Morgan fingerprint density at radius 1 is 0.769 bits per heavy atom. The summed E-state index contributed by atoms with van der Waals surface area (Å²) in [6, 6.07) is 17.5. The molecule has 0 aliphatic heterocycles. The van der Waals surface area contributed by atoms with Gasteiger partial charge in [0, 0.05) is 28.8 Å². The standard InChI is InChI=1S/C46H41N11O15S6/c1-23-16-34(53-55-40-25(3)30(22-47)44-49-41-31(48-26(4)58)8-5-9-36(41)57(44)45(40)59)37(72-12-6-14-75(60,61)62)20-32(23)51-54-35-17-24(2)33(21-38(35)73-13-7-15-76(63,64)65)52-56-46-50-42-39(78(69,70)71)18-27-10-11-28(77(66,67)68)19-29(27)43(42)74-46/h5,8-11,16-21,59H,6-7,12-15H2,1-4H3,(H,48,58)(H,60,61,62)(H,63,64,65)(H,66,67,68)(H,69,70,71). The van der Waals surface area contributed by atoms with Crippen molar-refractivity contribution in [3.8, 4) is 17.7 Å². The summed E-state index contributed by atoms with van der Waals surface area (Å²) in [6.07, 6.45) is -0.147. The number of thiazole rings is 1. The van der Waals surface area contributed by atoms with Gasteiger partial charge in [0.1, 0.15) is 39.0 Å². The van der Waals surface area contributed by atoms with Crippen molar-refractivity contribution in [1.82, 2.24) is 14.4 Å². The van der Waals surface area contributed by atoms with E-state index in [1.807, 2.05) is 0 Å². The first kappa shape index (κ1) is 56.7. The van der Waals surface area contributed by atoms with Gasteiger partial charge in [-0.1, -0.05) is 23.5 Å². The molecular formula is C46H41N11O15S6. The molecule has 0 bridgehead atoms. The number of thioether (sulfide) groups is 1. The number of fused-ring (bicyclic) bond motifs is 6. The lowest BCUT2D eigenvalue weighted by Crippen LogP contribution is -2.08. The fourth-order valence-electron chi connectivity index (χ4n) is 7.79. The van der Waals surface area contributed by atoms with Crippen LogP contribution in [0.3, 0.4) is 0 Å². The van der Waals surface area contributed by atoms with Crippen molar-refractivity contribution in [3.63, 3.8) is 0 Å². The van der Waals surface area contributed by atoms with Crippen molar-refractivity contribution in [2.24, 2.45) is 30.7 Å². The zero-order chi connectivity index (χ0) is 56.6. The van der Waals surface area contributed by atoms with Crippen molar-refractivity contribution in [2.75, 3.05) is 29.2 Å². The van der Waals surface area contributed by atoms with Crippen LogP contribution in [-0.4, -0.2) is 101 Å². The van der Waals surface area contributed by atoms with Gasteiger partial charge < -0.3 is 15.2 Å². The molecule has 0 saturated heterocycles. The van der Waals surface area contributed by atoms with E-state index in [1.165, 1.54) is 36.4 Å². The largest absolute Gasteiger partial charge is 0.493 e. The van der Waals surface area contributed by atoms with Crippen LogP contribution in [0.1, 0.15) is 42.0 Å². The van der Waals surface area contributed by atoms with E-state index in [9.17, 15) is 67.0 Å². The minimum Gasteiger partial charge on any atom is -0.493 e. The number of nitriles is 1. The molecule has 32 heteroatoms. The van der Waals surface area contributed by atoms with Gasteiger partial charge in [-0.25, -0.2) is 9.97 Å². The average Bonchev–Trinajstić information content (AvgIpc) is 4.20. The Kier molecular flexibility index (Phi) is 16.1. The van der Waals surface area contributed by atoms with Crippen LogP contribution < -0.4 is 10.1 Å². The number of amides is 1. The highest BCUT2D eigenvalue weighted by atomic mass is 32.2. The molecule has 1 amide bonds. The predicted molar refractivity (Wildman–Crippen MR) is 288 cm³/mol. The molecule has 8 aromatic rings. The number of pyridine rings is 1. The lowest BCUT2D eigenvalue weighted by molar-refractivity contribution is -0.114. The smallest absolute Gasteiger partial charge is 0.296 e. The van der Waals surface area contributed by atoms with Crippen LogP contribution in [0.25, 0.3) is 37.7 Å². The highest BCUT2D eigenvalue weighted by molar-refractivity contribution is 7.99. The van der Waals surface area contributed by atoms with Crippen LogP contribution >= 0.6 is 23.1 Å². The number of anilines is 1. The number of aryl methyl sites for hydroxylation is 2. The van der Waals surface area contributed by atoms with E-state index in [1.54, 1.807) is 44.2 Å². The zero-order valence-electron chi connectivity index (χ0n) is 40.8. The lowest BCUT2D eigenvalue weighted by atomic mass is 10.1. The van der Waals surface area contributed by atoms with Crippen molar-refractivity contribution in [1.29, 1.82) is 5.26 Å². The lowest BCUT2D eigenvalue weighted by Gasteiger charge is -2.12. The van der Waals surface area contributed by atoms with Gasteiger partial charge in [-0.2, -0.15) is 44.0 Å². The maximum Gasteiger partial charge on any atom is 0.296 e. The van der Waals surface area contributed by atoms with Crippen LogP contribution in [0, 0.1) is 32.1 Å². The minimum atomic E-state index is -4.87. The van der Waals surface area contributed by atoms with E-state index in [0.717, 1.165) is 41.3 Å². The summed E-state index contributed by atoms with van der Waals surface area (Å²) in [5, 5.41) is 51.1. The first-order valence-electron chi connectivity index (χ1n) is 22.5. The first-order chi connectivity index (χ1) is 36.6. The van der Waals surface area contributed by atoms with Gasteiger partial charge in [-0.3, -0.25) is 27.4 Å². The zero-order valence-corrected chi connectivity index (χ0v) is 45.7. The molecule has 0 spiro atoms. The molecule has 0 unspecified atom stereocenters. The second-order valence-electron chi connectivity index (χ2n) is 17.1. The number of aromatic nitrogens is 3. The van der Waals surface area contributed by atoms with E-state index >= 15 is 0 Å². The Hall–Kier alpha value is -7.45. The van der Waals surface area contributed by atoms with E-state index in [2.05, 4.69) is 52.0 Å². The second-order valence-corrected chi connectivity index (χ2v) is 25.2. The number of imidazole rings is 1. The van der Waals surface area contributed by atoms with Crippen molar-refractivity contribution in [2.45, 2.75) is 55.2 Å². The molecule has 0 fully saturated rings. The Morgan fingerprint density at radius 2 is 1.42 bits per heavy atom. The number of azo groups is 3. The molecule has 3 heterocycles. The van der Waals surface area contributed by atoms with E-state index in [0.29, 0.717) is 27.2 Å². The molecule has 26 nitrogen and oxygen atoms in total. The Balaban J connectivity index is 1.17. The average molecular weight is 1180 g/mol. The molecule has 0 radical (unpaired) electrons. The fraction of sp³-hybridized carbons (Fsp3) is 0.217. The molecule has 3 aromatic heterocycles. The van der Waals surface area contributed by atoms with Crippen molar-refractivity contribution in [3.05, 3.63) is 89.0 Å². The number of nitrogens with one attached hydrogen (secondary N) is 1. The summed E-state index contributed by atoms with van der Waals surface area (Å²) in [6.45, 7) is 5.90. The summed E-state index contributed by atoms with van der Waals surface area (Å²) in [5.74, 6) is -1.87. The highest BCUT2D eigenvalue weighted by Crippen LogP contribution is 2.44. The number of carbonyl (C=O) groups excluding carboxylic acids is 1. The molecular weight excluding hydrogens is 1140 g/mol. The van der Waals surface area contributed by atoms with Gasteiger partial charge in [0.2, 0.25) is 16.9 Å². The van der Waals surface area contributed by atoms with Gasteiger partial charge in [-0.15, -0.1) is 37.3 Å². The minimum absolute atomic E-state index is 0.00225. The summed E-state index contributed by atoms with van der Waals surface area (Å²) in [4.78, 5) is 20.1. The quantitative estimate of drug-likeness (QED) is 0.0190. The SMILES string of the molecule is CC(=O)Nc1cccc2c1nc1c(C#N)c(C)c(N=Nc3cc(C)c(N=Nc4cc(C)c(N=Nc5nc6c(S(=O)(=O)O)cc7ccc(S(=O)(=O)O)cc7c6s5)cc4SCCCS(=O)(=O)O)cc3OCCCS(=O)(=O)O)c(O)n12. The summed E-state index contributed by atoms with van der Waals surface area (Å²) in [7, 11) is -18.2. The Bertz CT molecular complexity index is 4420. The number of rotatable bonds is 19. The van der Waals surface area contributed by atoms with Gasteiger partial charge in [0.15, 0.2) is 11.3 Å². The summed E-state index contributed by atoms with van der Waals surface area (Å²) in [5.41, 5.74) is 2.54. The number of hydrogen-bond acceptors (Lipinski definition) is 22. The third-order valence-electron chi connectivity index (χ3n) is 11.4. The monoisotopic (exact) mass is 1180 g/mol. The van der Waals surface area contributed by atoms with Crippen LogP contribution in [0.15, 0.2) is 112 Å². The van der Waals surface area contributed by atoms with Gasteiger partial charge in [0.05, 0.1) is 56.0 Å². The van der Waals surface area contributed by atoms with Crippen LogP contribution in [0.5, 0.6) is 11.6 Å². The van der Waals surface area contributed by atoms with Crippen LogP contribution in [0.4, 0.5) is 39.3 Å². The molecule has 406 valence electrons. The second kappa shape index (κ2) is 22.1. The van der Waals surface area contributed by atoms with E-state index in [-0.39, 0.29) is 114 Å². The molecule has 0 aliphatic carbocycles. The third-order valence-corrected chi connectivity index (χ3v) is 16.8. The number of aromatic hydroxyl groups is 1. The van der Waals surface area contributed by atoms with Gasteiger partial charge in [0.25, 0.3) is 40.5 Å². The van der Waals surface area contributed by atoms with Crippen molar-refractivity contribution < 1.29 is 66.5 Å². The van der Waals surface area contributed by atoms with E-state index < -0.39 is 67.6 Å². The molecule has 0 saturated carbocycles. The number of ether oxygens (including phenoxy) is 1. The first-order valence-corrected chi connectivity index (χ1v) is 30.4.